The molecule has 2 fully saturated rings. The van der Waals surface area contributed by atoms with Crippen molar-refractivity contribution in [3.8, 4) is 0 Å². The molecule has 1 amide bonds. The predicted molar refractivity (Wildman–Crippen MR) is 57.4 cm³/mol. The van der Waals surface area contributed by atoms with Gasteiger partial charge in [0.05, 0.1) is 6.04 Å². The summed E-state index contributed by atoms with van der Waals surface area (Å²) >= 11 is 0. The summed E-state index contributed by atoms with van der Waals surface area (Å²) in [5, 5.41) is 12.1. The smallest absolute Gasteiger partial charge is 0.237 e. The van der Waals surface area contributed by atoms with Crippen molar-refractivity contribution in [1.29, 1.82) is 0 Å². The number of amides is 1. The number of nitrogens with zero attached hydrogens (tertiary/aromatic N) is 1. The minimum Gasteiger partial charge on any atom is -0.396 e. The van der Waals surface area contributed by atoms with Crippen LogP contribution in [0.25, 0.3) is 0 Å². The maximum atomic E-state index is 11.8. The molecule has 0 aromatic rings. The summed E-state index contributed by atoms with van der Waals surface area (Å²) in [5.74, 6) is 0.511. The molecule has 2 rings (SSSR count). The van der Waals surface area contributed by atoms with Crippen LogP contribution in [0.1, 0.15) is 26.2 Å². The van der Waals surface area contributed by atoms with Crippen LogP contribution in [0.4, 0.5) is 0 Å². The van der Waals surface area contributed by atoms with Crippen molar-refractivity contribution in [2.24, 2.45) is 5.92 Å². The van der Waals surface area contributed by atoms with Gasteiger partial charge in [0.1, 0.15) is 0 Å². The van der Waals surface area contributed by atoms with E-state index < -0.39 is 0 Å². The molecule has 1 heterocycles. The third-order valence-corrected chi connectivity index (χ3v) is 3.43. The summed E-state index contributed by atoms with van der Waals surface area (Å²) in [7, 11) is 0. The molecule has 2 unspecified atom stereocenters. The van der Waals surface area contributed by atoms with Gasteiger partial charge in [-0.2, -0.15) is 0 Å². The number of aliphatic hydroxyl groups is 1. The lowest BCUT2D eigenvalue weighted by atomic mass is 10.1. The second-order valence-electron chi connectivity index (χ2n) is 4.79. The minimum absolute atomic E-state index is 0.0397. The fourth-order valence-corrected chi connectivity index (χ4v) is 2.08. The van der Waals surface area contributed by atoms with E-state index in [0.717, 1.165) is 32.4 Å². The Morgan fingerprint density at radius 2 is 2.27 bits per heavy atom. The second kappa shape index (κ2) is 4.49. The monoisotopic (exact) mass is 212 g/mol. The van der Waals surface area contributed by atoms with Crippen LogP contribution in [-0.4, -0.2) is 47.7 Å². The van der Waals surface area contributed by atoms with Crippen LogP contribution in [-0.2, 0) is 4.79 Å². The third kappa shape index (κ3) is 2.69. The van der Waals surface area contributed by atoms with Crippen LogP contribution in [0.15, 0.2) is 0 Å². The Kier molecular flexibility index (Phi) is 3.26. The fraction of sp³-hybridized carbons (Fsp3) is 0.909. The van der Waals surface area contributed by atoms with Crippen LogP contribution >= 0.6 is 0 Å². The number of hydrogen-bond acceptors (Lipinski definition) is 3. The molecule has 0 radical (unpaired) electrons. The van der Waals surface area contributed by atoms with Gasteiger partial charge in [-0.25, -0.2) is 0 Å². The third-order valence-electron chi connectivity index (χ3n) is 3.43. The van der Waals surface area contributed by atoms with Gasteiger partial charge in [0.15, 0.2) is 0 Å². The number of rotatable bonds is 4. The van der Waals surface area contributed by atoms with E-state index in [9.17, 15) is 4.79 Å². The molecule has 4 heteroatoms. The van der Waals surface area contributed by atoms with Gasteiger partial charge in [0, 0.05) is 19.2 Å². The Bertz CT molecular complexity index is 241. The van der Waals surface area contributed by atoms with Crippen LogP contribution in [0.3, 0.4) is 0 Å². The van der Waals surface area contributed by atoms with Gasteiger partial charge in [-0.3, -0.25) is 9.69 Å². The first-order chi connectivity index (χ1) is 7.20. The topological polar surface area (TPSA) is 52.6 Å². The zero-order valence-corrected chi connectivity index (χ0v) is 9.28. The van der Waals surface area contributed by atoms with E-state index in [1.54, 1.807) is 0 Å². The largest absolute Gasteiger partial charge is 0.396 e. The quantitative estimate of drug-likeness (QED) is 0.688. The molecule has 2 N–H and O–H groups in total. The SMILES string of the molecule is CC(C(=O)NC1CC1)N1CCC(CO)C1. The van der Waals surface area contributed by atoms with Crippen LogP contribution in [0, 0.1) is 5.92 Å². The number of likely N-dealkylation sites (tertiary alicyclic amines) is 1. The highest BCUT2D eigenvalue weighted by molar-refractivity contribution is 5.81. The van der Waals surface area contributed by atoms with Gasteiger partial charge in [-0.15, -0.1) is 0 Å². The minimum atomic E-state index is -0.0397. The van der Waals surface area contributed by atoms with Gasteiger partial charge < -0.3 is 10.4 Å². The summed E-state index contributed by atoms with van der Waals surface area (Å²) in [4.78, 5) is 13.9. The zero-order chi connectivity index (χ0) is 10.8. The Hall–Kier alpha value is -0.610. The van der Waals surface area contributed by atoms with Crippen molar-refractivity contribution in [2.45, 2.75) is 38.3 Å². The molecule has 86 valence electrons. The summed E-state index contributed by atoms with van der Waals surface area (Å²) in [5.41, 5.74) is 0. The van der Waals surface area contributed by atoms with Crippen LogP contribution in [0.2, 0.25) is 0 Å². The molecule has 0 spiro atoms. The molecule has 1 saturated carbocycles. The van der Waals surface area contributed by atoms with E-state index in [1.165, 1.54) is 0 Å². The summed E-state index contributed by atoms with van der Waals surface area (Å²) in [6.07, 6.45) is 3.28. The van der Waals surface area contributed by atoms with Gasteiger partial charge in [-0.05, 0) is 38.6 Å². The Balaban J connectivity index is 1.79. The van der Waals surface area contributed by atoms with Gasteiger partial charge in [0.2, 0.25) is 5.91 Å². The lowest BCUT2D eigenvalue weighted by Gasteiger charge is -2.23. The van der Waals surface area contributed by atoms with Gasteiger partial charge >= 0.3 is 0 Å². The van der Waals surface area contributed by atoms with E-state index in [0.29, 0.717) is 12.0 Å². The van der Waals surface area contributed by atoms with Crippen molar-refractivity contribution in [1.82, 2.24) is 10.2 Å². The average Bonchev–Trinajstić information content (AvgIpc) is 2.92. The van der Waals surface area contributed by atoms with E-state index in [-0.39, 0.29) is 18.6 Å². The Labute approximate surface area is 90.6 Å². The van der Waals surface area contributed by atoms with Crippen molar-refractivity contribution >= 4 is 5.91 Å². The molecule has 0 aromatic heterocycles. The molecule has 2 aliphatic rings. The van der Waals surface area contributed by atoms with Gasteiger partial charge in [0.25, 0.3) is 0 Å². The van der Waals surface area contributed by atoms with E-state index >= 15 is 0 Å². The summed E-state index contributed by atoms with van der Waals surface area (Å²) < 4.78 is 0. The predicted octanol–water partition coefficient (Wildman–Crippen LogP) is -0.0323. The summed E-state index contributed by atoms with van der Waals surface area (Å²) in [6.45, 7) is 3.99. The Morgan fingerprint density at radius 3 is 2.80 bits per heavy atom. The molecular formula is C11H20N2O2. The van der Waals surface area contributed by atoms with Crippen molar-refractivity contribution in [3.05, 3.63) is 0 Å². The lowest BCUT2D eigenvalue weighted by molar-refractivity contribution is -0.125. The van der Waals surface area contributed by atoms with E-state index in [4.69, 9.17) is 5.11 Å². The first-order valence-electron chi connectivity index (χ1n) is 5.86. The highest BCUT2D eigenvalue weighted by atomic mass is 16.3. The number of carbonyl (C=O) groups is 1. The molecule has 1 saturated heterocycles. The number of nitrogens with one attached hydrogen (secondary N) is 1. The van der Waals surface area contributed by atoms with Crippen molar-refractivity contribution < 1.29 is 9.90 Å². The normalized spacial score (nSPS) is 29.1. The number of aliphatic hydroxyl groups excluding tert-OH is 1. The highest BCUT2D eigenvalue weighted by Gasteiger charge is 2.31. The summed E-state index contributed by atoms with van der Waals surface area (Å²) in [6, 6.07) is 0.401. The maximum Gasteiger partial charge on any atom is 0.237 e. The molecular weight excluding hydrogens is 192 g/mol. The fourth-order valence-electron chi connectivity index (χ4n) is 2.08. The second-order valence-corrected chi connectivity index (χ2v) is 4.79. The molecule has 2 atom stereocenters. The van der Waals surface area contributed by atoms with Crippen LogP contribution < -0.4 is 5.32 Å². The van der Waals surface area contributed by atoms with Crippen molar-refractivity contribution in [3.63, 3.8) is 0 Å². The first kappa shape index (κ1) is 10.9. The van der Waals surface area contributed by atoms with E-state index in [1.807, 2.05) is 6.92 Å². The molecule has 0 aromatic carbocycles. The molecule has 1 aliphatic heterocycles. The maximum absolute atomic E-state index is 11.8. The average molecular weight is 212 g/mol. The molecule has 15 heavy (non-hydrogen) atoms. The van der Waals surface area contributed by atoms with Gasteiger partial charge in [-0.1, -0.05) is 0 Å². The van der Waals surface area contributed by atoms with E-state index in [2.05, 4.69) is 10.2 Å². The molecule has 1 aliphatic carbocycles. The number of hydrogen-bond donors (Lipinski definition) is 2. The lowest BCUT2D eigenvalue weighted by Crippen LogP contribution is -2.44. The highest BCUT2D eigenvalue weighted by Crippen LogP contribution is 2.21. The van der Waals surface area contributed by atoms with Crippen molar-refractivity contribution in [2.75, 3.05) is 19.7 Å². The Morgan fingerprint density at radius 1 is 1.53 bits per heavy atom. The standard InChI is InChI=1S/C11H20N2O2/c1-8(11(15)12-10-2-3-10)13-5-4-9(6-13)7-14/h8-10,14H,2-7H2,1H3,(H,12,15). The molecule has 4 nitrogen and oxygen atoms in total. The zero-order valence-electron chi connectivity index (χ0n) is 9.28. The number of carbonyl (C=O) groups excluding carboxylic acids is 1. The first-order valence-corrected chi connectivity index (χ1v) is 5.86. The van der Waals surface area contributed by atoms with Crippen LogP contribution in [0.5, 0.6) is 0 Å². The molecule has 0 bridgehead atoms.